The lowest BCUT2D eigenvalue weighted by Crippen LogP contribution is -2.27. The Morgan fingerprint density at radius 2 is 1.83 bits per heavy atom. The van der Waals surface area contributed by atoms with Crippen molar-refractivity contribution in [3.63, 3.8) is 0 Å². The summed E-state index contributed by atoms with van der Waals surface area (Å²) in [6.07, 6.45) is 1.63. The summed E-state index contributed by atoms with van der Waals surface area (Å²) in [4.78, 5) is 26.4. The molecular weight excluding hydrogens is 410 g/mol. The summed E-state index contributed by atoms with van der Waals surface area (Å²) in [7, 11) is -4.27. The molecule has 10 heteroatoms. The number of pyridine rings is 1. The molecule has 0 bridgehead atoms. The summed E-state index contributed by atoms with van der Waals surface area (Å²) in [5, 5.41) is 13.6. The molecule has 0 saturated carbocycles. The van der Waals surface area contributed by atoms with Crippen LogP contribution in [0.5, 0.6) is 5.75 Å². The van der Waals surface area contributed by atoms with Crippen molar-refractivity contribution >= 4 is 21.7 Å². The zero-order chi connectivity index (χ0) is 21.7. The van der Waals surface area contributed by atoms with E-state index in [1.54, 1.807) is 25.3 Å². The third-order valence-electron chi connectivity index (χ3n) is 4.12. The maximum absolute atomic E-state index is 12.4. The molecule has 0 aliphatic carbocycles. The van der Waals surface area contributed by atoms with Gasteiger partial charge in [0.15, 0.2) is 0 Å². The number of nitro benzene ring substituents is 1. The van der Waals surface area contributed by atoms with E-state index in [1.807, 2.05) is 6.07 Å². The first-order valence-electron chi connectivity index (χ1n) is 8.77. The molecule has 1 N–H and O–H groups in total. The molecule has 0 spiro atoms. The van der Waals surface area contributed by atoms with E-state index >= 15 is 0 Å². The van der Waals surface area contributed by atoms with Crippen LogP contribution in [0.2, 0.25) is 0 Å². The molecule has 2 aromatic carbocycles. The van der Waals surface area contributed by atoms with Gasteiger partial charge in [-0.3, -0.25) is 19.9 Å². The Morgan fingerprint density at radius 3 is 2.47 bits per heavy atom. The van der Waals surface area contributed by atoms with Gasteiger partial charge in [-0.15, -0.1) is 0 Å². The van der Waals surface area contributed by atoms with E-state index in [1.165, 1.54) is 42.5 Å². The Hall–Kier alpha value is -3.79. The number of nitrogens with zero attached hydrogens (tertiary/aromatic N) is 2. The summed E-state index contributed by atoms with van der Waals surface area (Å²) in [5.41, 5.74) is 0.639. The topological polar surface area (TPSA) is 128 Å². The molecule has 1 amide bonds. The van der Waals surface area contributed by atoms with Crippen molar-refractivity contribution in [3.8, 4) is 5.75 Å². The average molecular weight is 427 g/mol. The van der Waals surface area contributed by atoms with Gasteiger partial charge in [-0.2, -0.15) is 8.42 Å². The van der Waals surface area contributed by atoms with Gasteiger partial charge in [-0.25, -0.2) is 0 Å². The number of carbonyl (C=O) groups is 1. The Morgan fingerprint density at radius 1 is 1.10 bits per heavy atom. The van der Waals surface area contributed by atoms with Gasteiger partial charge in [0.05, 0.1) is 16.7 Å². The second-order valence-electron chi connectivity index (χ2n) is 6.27. The first kappa shape index (κ1) is 20.9. The quantitative estimate of drug-likeness (QED) is 0.348. The van der Waals surface area contributed by atoms with Crippen LogP contribution in [0.15, 0.2) is 77.8 Å². The first-order valence-corrected chi connectivity index (χ1v) is 10.2. The van der Waals surface area contributed by atoms with Gasteiger partial charge in [-0.1, -0.05) is 12.1 Å². The lowest BCUT2D eigenvalue weighted by atomic mass is 10.1. The minimum absolute atomic E-state index is 0.0316. The number of hydrogen-bond acceptors (Lipinski definition) is 7. The Bertz CT molecular complexity index is 1160. The number of rotatable bonds is 7. The van der Waals surface area contributed by atoms with E-state index in [0.717, 1.165) is 6.07 Å². The summed E-state index contributed by atoms with van der Waals surface area (Å²) in [5.74, 6) is -0.392. The molecule has 9 nitrogen and oxygen atoms in total. The van der Waals surface area contributed by atoms with Crippen molar-refractivity contribution in [2.75, 3.05) is 0 Å². The Kier molecular flexibility index (Phi) is 6.07. The van der Waals surface area contributed by atoms with Gasteiger partial charge in [0.25, 0.3) is 11.6 Å². The molecule has 0 radical (unpaired) electrons. The number of nitrogens with one attached hydrogen (secondary N) is 1. The van der Waals surface area contributed by atoms with Crippen LogP contribution in [0, 0.1) is 10.1 Å². The van der Waals surface area contributed by atoms with E-state index in [0.29, 0.717) is 11.3 Å². The van der Waals surface area contributed by atoms with Crippen molar-refractivity contribution in [2.45, 2.75) is 17.9 Å². The van der Waals surface area contributed by atoms with Crippen LogP contribution in [-0.2, 0) is 10.1 Å². The van der Waals surface area contributed by atoms with Crippen molar-refractivity contribution < 1.29 is 22.3 Å². The lowest BCUT2D eigenvalue weighted by Gasteiger charge is -2.13. The second-order valence-corrected chi connectivity index (χ2v) is 7.81. The van der Waals surface area contributed by atoms with Crippen LogP contribution in [0.4, 0.5) is 5.69 Å². The van der Waals surface area contributed by atoms with Gasteiger partial charge in [0.2, 0.25) is 0 Å². The van der Waals surface area contributed by atoms with Gasteiger partial charge in [-0.05, 0) is 49.4 Å². The van der Waals surface area contributed by atoms with E-state index in [4.69, 9.17) is 4.18 Å². The van der Waals surface area contributed by atoms with E-state index in [9.17, 15) is 23.3 Å². The van der Waals surface area contributed by atoms with E-state index in [-0.39, 0.29) is 28.3 Å². The zero-order valence-electron chi connectivity index (χ0n) is 15.8. The van der Waals surface area contributed by atoms with E-state index in [2.05, 4.69) is 10.3 Å². The highest BCUT2D eigenvalue weighted by Gasteiger charge is 2.20. The van der Waals surface area contributed by atoms with Crippen LogP contribution in [0.1, 0.15) is 29.0 Å². The Labute approximate surface area is 172 Å². The van der Waals surface area contributed by atoms with Crippen LogP contribution in [0.25, 0.3) is 0 Å². The van der Waals surface area contributed by atoms with Gasteiger partial charge in [0, 0.05) is 23.9 Å². The molecule has 0 aliphatic heterocycles. The molecule has 30 heavy (non-hydrogen) atoms. The smallest absolute Gasteiger partial charge is 0.339 e. The molecule has 1 atom stereocenters. The number of nitro groups is 1. The maximum Gasteiger partial charge on any atom is 0.339 e. The number of amides is 1. The molecule has 0 fully saturated rings. The summed E-state index contributed by atoms with van der Waals surface area (Å²) < 4.78 is 29.7. The first-order chi connectivity index (χ1) is 14.3. The Balaban J connectivity index is 1.70. The highest BCUT2D eigenvalue weighted by atomic mass is 32.2. The molecule has 1 unspecified atom stereocenters. The fraction of sp³-hybridized carbons (Fsp3) is 0.100. The predicted molar refractivity (Wildman–Crippen MR) is 107 cm³/mol. The normalized spacial score (nSPS) is 12.0. The molecule has 0 aliphatic rings. The van der Waals surface area contributed by atoms with Crippen LogP contribution < -0.4 is 9.50 Å². The van der Waals surface area contributed by atoms with Gasteiger partial charge < -0.3 is 9.50 Å². The summed E-state index contributed by atoms with van der Waals surface area (Å²) >= 11 is 0. The molecule has 1 aromatic heterocycles. The van der Waals surface area contributed by atoms with Crippen LogP contribution in [0.3, 0.4) is 0 Å². The van der Waals surface area contributed by atoms with Crippen molar-refractivity contribution in [2.24, 2.45) is 0 Å². The van der Waals surface area contributed by atoms with Gasteiger partial charge in [0.1, 0.15) is 10.6 Å². The molecule has 0 saturated heterocycles. The minimum Gasteiger partial charge on any atom is -0.379 e. The lowest BCUT2D eigenvalue weighted by molar-refractivity contribution is -0.385. The van der Waals surface area contributed by atoms with Crippen LogP contribution in [-0.4, -0.2) is 24.2 Å². The third kappa shape index (κ3) is 4.97. The van der Waals surface area contributed by atoms with Crippen molar-refractivity contribution in [3.05, 3.63) is 94.3 Å². The monoisotopic (exact) mass is 427 g/mol. The highest BCUT2D eigenvalue weighted by molar-refractivity contribution is 7.87. The maximum atomic E-state index is 12.4. The number of benzene rings is 2. The fourth-order valence-corrected chi connectivity index (χ4v) is 3.55. The number of aromatic nitrogens is 1. The van der Waals surface area contributed by atoms with E-state index < -0.39 is 15.0 Å². The van der Waals surface area contributed by atoms with Crippen molar-refractivity contribution in [1.82, 2.24) is 10.3 Å². The van der Waals surface area contributed by atoms with Gasteiger partial charge >= 0.3 is 10.1 Å². The molecule has 3 rings (SSSR count). The second kappa shape index (κ2) is 8.70. The summed E-state index contributed by atoms with van der Waals surface area (Å²) in [6, 6.07) is 15.1. The predicted octanol–water partition coefficient (Wildman–Crippen LogP) is 3.25. The molecular formula is C20H17N3O6S. The number of carbonyl (C=O) groups excluding carboxylic acids is 1. The SMILES string of the molecule is CC(NC(=O)c1ccc(OS(=O)(=O)c2cccc([N+](=O)[O-])c2)cc1)c1ccccn1. The summed E-state index contributed by atoms with van der Waals surface area (Å²) in [6.45, 7) is 1.79. The molecule has 154 valence electrons. The van der Waals surface area contributed by atoms with Crippen molar-refractivity contribution in [1.29, 1.82) is 0 Å². The molecule has 3 aromatic rings. The highest BCUT2D eigenvalue weighted by Crippen LogP contribution is 2.22. The fourth-order valence-electron chi connectivity index (χ4n) is 2.58. The average Bonchev–Trinajstić information content (AvgIpc) is 2.74. The minimum atomic E-state index is -4.27. The third-order valence-corrected chi connectivity index (χ3v) is 5.36. The zero-order valence-corrected chi connectivity index (χ0v) is 16.6. The van der Waals surface area contributed by atoms with Crippen LogP contribution >= 0.6 is 0 Å². The number of hydrogen-bond donors (Lipinski definition) is 1. The standard InChI is InChI=1S/C20H17N3O6S/c1-14(19-7-2-3-12-21-19)22-20(24)15-8-10-17(11-9-15)29-30(27,28)18-6-4-5-16(13-18)23(25)26/h2-14H,1H3,(H,22,24). The largest absolute Gasteiger partial charge is 0.379 e. The molecule has 1 heterocycles. The number of non-ortho nitro benzene ring substituents is 1.